The summed E-state index contributed by atoms with van der Waals surface area (Å²) in [6, 6.07) is 2.80. The normalized spacial score (nSPS) is 21.1. The van der Waals surface area contributed by atoms with Crippen LogP contribution in [0.3, 0.4) is 0 Å². The maximum Gasteiger partial charge on any atom is 0.104 e. The Labute approximate surface area is 125 Å². The predicted octanol–water partition coefficient (Wildman–Crippen LogP) is 3.41. The van der Waals surface area contributed by atoms with Gasteiger partial charge in [-0.15, -0.1) is 0 Å². The Morgan fingerprint density at radius 2 is 1.85 bits per heavy atom. The van der Waals surface area contributed by atoms with E-state index < -0.39 is 0 Å². The lowest BCUT2D eigenvalue weighted by molar-refractivity contribution is 0.153. The Bertz CT molecular complexity index is 311. The number of nitriles is 1. The third kappa shape index (κ3) is 5.81. The zero-order valence-corrected chi connectivity index (χ0v) is 14.1. The second-order valence-corrected chi connectivity index (χ2v) is 7.27. The number of nitrogens with zero attached hydrogens (tertiary/aromatic N) is 2. The van der Waals surface area contributed by atoms with Gasteiger partial charge in [0.1, 0.15) is 5.54 Å². The molecule has 0 aromatic carbocycles. The molecule has 0 spiro atoms. The van der Waals surface area contributed by atoms with Crippen molar-refractivity contribution >= 4 is 0 Å². The van der Waals surface area contributed by atoms with Crippen LogP contribution >= 0.6 is 0 Å². The highest BCUT2D eigenvalue weighted by atomic mass is 15.1. The molecule has 116 valence electrons. The van der Waals surface area contributed by atoms with Gasteiger partial charge in [-0.05, 0) is 77.9 Å². The van der Waals surface area contributed by atoms with Crippen molar-refractivity contribution in [2.24, 2.45) is 11.8 Å². The molecule has 0 radical (unpaired) electrons. The van der Waals surface area contributed by atoms with Gasteiger partial charge in [0.2, 0.25) is 0 Å². The van der Waals surface area contributed by atoms with Gasteiger partial charge in [-0.1, -0.05) is 13.8 Å². The van der Waals surface area contributed by atoms with Crippen LogP contribution < -0.4 is 5.32 Å². The van der Waals surface area contributed by atoms with Gasteiger partial charge in [0.15, 0.2) is 0 Å². The molecule has 1 fully saturated rings. The molecular formula is C17H33N3. The summed E-state index contributed by atoms with van der Waals surface area (Å²) in [6.07, 6.45) is 4.73. The minimum absolute atomic E-state index is 0.362. The van der Waals surface area contributed by atoms with E-state index in [0.29, 0.717) is 6.04 Å². The van der Waals surface area contributed by atoms with Crippen molar-refractivity contribution in [1.82, 2.24) is 10.2 Å². The van der Waals surface area contributed by atoms with E-state index in [1.807, 2.05) is 6.92 Å². The Hall–Kier alpha value is -0.590. The molecule has 0 bridgehead atoms. The highest BCUT2D eigenvalue weighted by molar-refractivity contribution is 5.04. The minimum atomic E-state index is -0.371. The molecule has 20 heavy (non-hydrogen) atoms. The van der Waals surface area contributed by atoms with E-state index in [1.54, 1.807) is 0 Å². The summed E-state index contributed by atoms with van der Waals surface area (Å²) < 4.78 is 0. The number of likely N-dealkylation sites (tertiary alicyclic amines) is 1. The van der Waals surface area contributed by atoms with Crippen LogP contribution in [-0.2, 0) is 0 Å². The topological polar surface area (TPSA) is 39.1 Å². The summed E-state index contributed by atoms with van der Waals surface area (Å²) in [5, 5.41) is 12.7. The maximum absolute atomic E-state index is 9.34. The molecule has 0 aliphatic carbocycles. The Morgan fingerprint density at radius 1 is 1.25 bits per heavy atom. The number of rotatable bonds is 7. The van der Waals surface area contributed by atoms with Crippen molar-refractivity contribution in [3.8, 4) is 6.07 Å². The lowest BCUT2D eigenvalue weighted by Gasteiger charge is -2.34. The van der Waals surface area contributed by atoms with Crippen LogP contribution in [0.2, 0.25) is 0 Å². The molecule has 1 saturated heterocycles. The molecule has 0 aromatic heterocycles. The average Bonchev–Trinajstić information content (AvgIpc) is 2.38. The Balaban J connectivity index is 2.26. The fourth-order valence-corrected chi connectivity index (χ4v) is 3.30. The second-order valence-electron chi connectivity index (χ2n) is 7.27. The summed E-state index contributed by atoms with van der Waals surface area (Å²) in [7, 11) is 0. The molecule has 3 nitrogen and oxygen atoms in total. The molecule has 3 heteroatoms. The van der Waals surface area contributed by atoms with E-state index in [9.17, 15) is 5.26 Å². The fourth-order valence-electron chi connectivity index (χ4n) is 3.30. The molecule has 0 amide bonds. The molecule has 1 unspecified atom stereocenters. The molecule has 0 aromatic rings. The molecule has 1 heterocycles. The minimum Gasteiger partial charge on any atom is -0.303 e. The van der Waals surface area contributed by atoms with Crippen molar-refractivity contribution in [2.75, 3.05) is 19.6 Å². The van der Waals surface area contributed by atoms with Gasteiger partial charge in [-0.25, -0.2) is 0 Å². The third-order valence-corrected chi connectivity index (χ3v) is 4.58. The number of nitrogens with one attached hydrogen (secondary N) is 1. The zero-order valence-electron chi connectivity index (χ0n) is 14.1. The van der Waals surface area contributed by atoms with Gasteiger partial charge in [0.05, 0.1) is 6.07 Å². The van der Waals surface area contributed by atoms with E-state index in [1.165, 1.54) is 25.9 Å². The summed E-state index contributed by atoms with van der Waals surface area (Å²) in [5.41, 5.74) is -0.371. The van der Waals surface area contributed by atoms with Crippen LogP contribution in [0.25, 0.3) is 0 Å². The van der Waals surface area contributed by atoms with E-state index in [-0.39, 0.29) is 5.54 Å². The molecule has 1 rings (SSSR count). The van der Waals surface area contributed by atoms with Crippen LogP contribution in [-0.4, -0.2) is 36.1 Å². The summed E-state index contributed by atoms with van der Waals surface area (Å²) in [6.45, 7) is 14.5. The first-order valence-electron chi connectivity index (χ1n) is 8.27. The van der Waals surface area contributed by atoms with Gasteiger partial charge in [0, 0.05) is 6.04 Å². The van der Waals surface area contributed by atoms with Crippen LogP contribution in [0.15, 0.2) is 0 Å². The van der Waals surface area contributed by atoms with E-state index in [0.717, 1.165) is 31.2 Å². The van der Waals surface area contributed by atoms with E-state index in [2.05, 4.69) is 44.0 Å². The molecule has 1 N–H and O–H groups in total. The zero-order chi connectivity index (χ0) is 15.2. The van der Waals surface area contributed by atoms with Crippen LogP contribution in [0, 0.1) is 23.2 Å². The van der Waals surface area contributed by atoms with Crippen molar-refractivity contribution in [2.45, 2.75) is 71.9 Å². The van der Waals surface area contributed by atoms with Crippen LogP contribution in [0.5, 0.6) is 0 Å². The number of hydrogen-bond donors (Lipinski definition) is 1. The molecule has 1 aliphatic heterocycles. The third-order valence-electron chi connectivity index (χ3n) is 4.58. The Morgan fingerprint density at radius 3 is 2.30 bits per heavy atom. The van der Waals surface area contributed by atoms with E-state index >= 15 is 0 Å². The van der Waals surface area contributed by atoms with Gasteiger partial charge in [-0.2, -0.15) is 5.26 Å². The van der Waals surface area contributed by atoms with Gasteiger partial charge < -0.3 is 4.90 Å². The smallest absolute Gasteiger partial charge is 0.104 e. The summed E-state index contributed by atoms with van der Waals surface area (Å²) >= 11 is 0. The van der Waals surface area contributed by atoms with Gasteiger partial charge >= 0.3 is 0 Å². The summed E-state index contributed by atoms with van der Waals surface area (Å²) in [5.74, 6) is 1.74. The summed E-state index contributed by atoms with van der Waals surface area (Å²) in [4.78, 5) is 2.58. The first-order chi connectivity index (χ1) is 9.36. The standard InChI is InChI=1S/C17H33N3/c1-14(2)16-7-11-20(12-8-16)10-6-9-17(5,13-18)19-15(3)4/h14-16,19H,6-12H2,1-5H3. The largest absolute Gasteiger partial charge is 0.303 e. The van der Waals surface area contributed by atoms with Crippen molar-refractivity contribution in [3.05, 3.63) is 0 Å². The van der Waals surface area contributed by atoms with Crippen LogP contribution in [0.4, 0.5) is 0 Å². The highest BCUT2D eigenvalue weighted by Crippen LogP contribution is 2.24. The Kier molecular flexibility index (Phi) is 6.99. The first kappa shape index (κ1) is 17.5. The highest BCUT2D eigenvalue weighted by Gasteiger charge is 2.25. The van der Waals surface area contributed by atoms with Crippen molar-refractivity contribution in [1.29, 1.82) is 5.26 Å². The van der Waals surface area contributed by atoms with Crippen molar-refractivity contribution < 1.29 is 0 Å². The molecule has 0 saturated carbocycles. The molecule has 1 atom stereocenters. The van der Waals surface area contributed by atoms with Gasteiger partial charge in [0.25, 0.3) is 0 Å². The lowest BCUT2D eigenvalue weighted by atomic mass is 9.86. The van der Waals surface area contributed by atoms with Gasteiger partial charge in [-0.3, -0.25) is 5.32 Å². The first-order valence-corrected chi connectivity index (χ1v) is 8.27. The monoisotopic (exact) mass is 279 g/mol. The molecular weight excluding hydrogens is 246 g/mol. The quantitative estimate of drug-likeness (QED) is 0.776. The number of piperidine rings is 1. The maximum atomic E-state index is 9.34. The SMILES string of the molecule is CC(C)NC(C)(C#N)CCCN1CCC(C(C)C)CC1. The second kappa shape index (κ2) is 8.00. The average molecular weight is 279 g/mol. The molecule has 1 aliphatic rings. The fraction of sp³-hybridized carbons (Fsp3) is 0.941. The lowest BCUT2D eigenvalue weighted by Crippen LogP contribution is -2.45. The van der Waals surface area contributed by atoms with Crippen LogP contribution in [0.1, 0.15) is 60.3 Å². The predicted molar refractivity (Wildman–Crippen MR) is 85.5 cm³/mol. The van der Waals surface area contributed by atoms with Crippen molar-refractivity contribution in [3.63, 3.8) is 0 Å². The number of hydrogen-bond acceptors (Lipinski definition) is 3. The van der Waals surface area contributed by atoms with E-state index in [4.69, 9.17) is 0 Å².